The van der Waals surface area contributed by atoms with Gasteiger partial charge in [-0.05, 0) is 51.4 Å². The molecule has 0 amide bonds. The van der Waals surface area contributed by atoms with Crippen LogP contribution in [0.5, 0.6) is 0 Å². The Balaban J connectivity index is 2.56. The summed E-state index contributed by atoms with van der Waals surface area (Å²) in [5.74, 6) is 0.517. The van der Waals surface area contributed by atoms with Gasteiger partial charge in [-0.2, -0.15) is 0 Å². The van der Waals surface area contributed by atoms with E-state index in [1.165, 1.54) is 24.0 Å². The lowest BCUT2D eigenvalue weighted by molar-refractivity contribution is -0.133. The van der Waals surface area contributed by atoms with E-state index in [2.05, 4.69) is 27.0 Å². The molecule has 0 radical (unpaired) electrons. The van der Waals surface area contributed by atoms with Crippen LogP contribution in [0.4, 0.5) is 0 Å². The highest BCUT2D eigenvalue weighted by atomic mass is 16.1. The maximum Gasteiger partial charge on any atom is 0.153 e. The third-order valence-electron chi connectivity index (χ3n) is 6.39. The Kier molecular flexibility index (Phi) is 6.66. The summed E-state index contributed by atoms with van der Waals surface area (Å²) in [4.78, 5) is 14.0. The summed E-state index contributed by atoms with van der Waals surface area (Å²) in [6, 6.07) is 0. The van der Waals surface area contributed by atoms with Crippen molar-refractivity contribution in [1.29, 1.82) is 0 Å². The number of unbranched alkanes of at least 4 members (excludes halogenated alkanes) is 2. The second-order valence-corrected chi connectivity index (χ2v) is 7.85. The van der Waals surface area contributed by atoms with E-state index in [1.54, 1.807) is 0 Å². The standard InChI is InChI=1S/C23H36O/c1-5-9-17-22(15-7-3)19-13-11-12-14-20(19)23(16-8-4,21(22)24)18-10-6-2/h7-8H,3-6,9-18H2,1-2H3/t22-,23-/m0/s1. The van der Waals surface area contributed by atoms with E-state index in [0.29, 0.717) is 5.78 Å². The summed E-state index contributed by atoms with van der Waals surface area (Å²) in [7, 11) is 0. The highest BCUT2D eigenvalue weighted by molar-refractivity contribution is 6.00. The molecule has 0 bridgehead atoms. The number of ketones is 1. The van der Waals surface area contributed by atoms with Gasteiger partial charge >= 0.3 is 0 Å². The highest BCUT2D eigenvalue weighted by Crippen LogP contribution is 2.61. The third-order valence-corrected chi connectivity index (χ3v) is 6.39. The van der Waals surface area contributed by atoms with Gasteiger partial charge in [0.2, 0.25) is 0 Å². The van der Waals surface area contributed by atoms with E-state index in [4.69, 9.17) is 0 Å². The average Bonchev–Trinajstić information content (AvgIpc) is 2.80. The molecule has 0 saturated heterocycles. The van der Waals surface area contributed by atoms with Gasteiger partial charge in [0.25, 0.3) is 0 Å². The molecule has 2 atom stereocenters. The second-order valence-electron chi connectivity index (χ2n) is 7.85. The Labute approximate surface area is 149 Å². The molecule has 0 aliphatic heterocycles. The molecule has 1 nitrogen and oxygen atoms in total. The van der Waals surface area contributed by atoms with Gasteiger partial charge < -0.3 is 0 Å². The fourth-order valence-corrected chi connectivity index (χ4v) is 5.31. The molecular weight excluding hydrogens is 292 g/mol. The first-order valence-corrected chi connectivity index (χ1v) is 10.1. The molecule has 0 aromatic rings. The lowest BCUT2D eigenvalue weighted by Crippen LogP contribution is -2.38. The van der Waals surface area contributed by atoms with Crippen LogP contribution in [0.15, 0.2) is 36.5 Å². The lowest BCUT2D eigenvalue weighted by atomic mass is 9.66. The van der Waals surface area contributed by atoms with Crippen molar-refractivity contribution >= 4 is 5.78 Å². The number of hydrogen-bond acceptors (Lipinski definition) is 1. The number of rotatable bonds is 10. The van der Waals surface area contributed by atoms with Gasteiger partial charge in [-0.15, -0.1) is 13.2 Å². The van der Waals surface area contributed by atoms with Crippen molar-refractivity contribution in [2.75, 3.05) is 0 Å². The van der Waals surface area contributed by atoms with Crippen molar-refractivity contribution in [2.45, 2.75) is 90.9 Å². The molecule has 134 valence electrons. The van der Waals surface area contributed by atoms with E-state index < -0.39 is 0 Å². The van der Waals surface area contributed by atoms with Crippen LogP contribution in [0.3, 0.4) is 0 Å². The Morgan fingerprint density at radius 3 is 1.62 bits per heavy atom. The molecular formula is C23H36O. The first-order chi connectivity index (χ1) is 11.6. The predicted molar refractivity (Wildman–Crippen MR) is 104 cm³/mol. The van der Waals surface area contributed by atoms with E-state index in [0.717, 1.165) is 64.2 Å². The molecule has 0 unspecified atom stereocenters. The Morgan fingerprint density at radius 1 is 0.875 bits per heavy atom. The van der Waals surface area contributed by atoms with Crippen LogP contribution >= 0.6 is 0 Å². The van der Waals surface area contributed by atoms with Crippen molar-refractivity contribution in [3.05, 3.63) is 36.5 Å². The maximum atomic E-state index is 14.0. The van der Waals surface area contributed by atoms with E-state index in [1.807, 2.05) is 12.2 Å². The number of carbonyl (C=O) groups is 1. The molecule has 0 heterocycles. The minimum Gasteiger partial charge on any atom is -0.298 e. The zero-order valence-corrected chi connectivity index (χ0v) is 16.0. The van der Waals surface area contributed by atoms with Crippen LogP contribution < -0.4 is 0 Å². The van der Waals surface area contributed by atoms with E-state index in [9.17, 15) is 4.79 Å². The summed E-state index contributed by atoms with van der Waals surface area (Å²) in [5.41, 5.74) is 2.55. The largest absolute Gasteiger partial charge is 0.298 e. The summed E-state index contributed by atoms with van der Waals surface area (Å²) >= 11 is 0. The Bertz CT molecular complexity index is 468. The highest BCUT2D eigenvalue weighted by Gasteiger charge is 2.58. The smallest absolute Gasteiger partial charge is 0.153 e. The van der Waals surface area contributed by atoms with Gasteiger partial charge in [-0.3, -0.25) is 4.79 Å². The second kappa shape index (κ2) is 8.32. The van der Waals surface area contributed by atoms with Crippen LogP contribution in [-0.2, 0) is 4.79 Å². The molecule has 2 rings (SSSR count). The summed E-state index contributed by atoms with van der Waals surface area (Å²) in [6.45, 7) is 12.5. The van der Waals surface area contributed by atoms with Crippen LogP contribution in [0.1, 0.15) is 90.9 Å². The van der Waals surface area contributed by atoms with Crippen LogP contribution in [0, 0.1) is 10.8 Å². The summed E-state index contributed by atoms with van der Waals surface area (Å²) in [5, 5.41) is 0. The molecule has 0 aromatic carbocycles. The van der Waals surface area contributed by atoms with E-state index in [-0.39, 0.29) is 10.8 Å². The van der Waals surface area contributed by atoms with Crippen molar-refractivity contribution < 1.29 is 4.79 Å². The van der Waals surface area contributed by atoms with Gasteiger partial charge in [0.1, 0.15) is 0 Å². The fourth-order valence-electron chi connectivity index (χ4n) is 5.31. The minimum absolute atomic E-state index is 0.246. The van der Waals surface area contributed by atoms with Crippen molar-refractivity contribution in [2.24, 2.45) is 10.8 Å². The van der Waals surface area contributed by atoms with Gasteiger partial charge in [0.15, 0.2) is 5.78 Å². The topological polar surface area (TPSA) is 17.1 Å². The number of carbonyl (C=O) groups excluding carboxylic acids is 1. The molecule has 24 heavy (non-hydrogen) atoms. The average molecular weight is 329 g/mol. The number of hydrogen-bond donors (Lipinski definition) is 0. The Morgan fingerprint density at radius 2 is 1.29 bits per heavy atom. The number of allylic oxidation sites excluding steroid dienone is 4. The van der Waals surface area contributed by atoms with E-state index >= 15 is 0 Å². The Hall–Kier alpha value is -1.11. The van der Waals surface area contributed by atoms with Gasteiger partial charge in [-0.25, -0.2) is 0 Å². The van der Waals surface area contributed by atoms with Gasteiger partial charge in [0.05, 0.1) is 10.8 Å². The summed E-state index contributed by atoms with van der Waals surface area (Å²) in [6.07, 6.45) is 17.0. The van der Waals surface area contributed by atoms with Crippen LogP contribution in [0.25, 0.3) is 0 Å². The first-order valence-electron chi connectivity index (χ1n) is 10.1. The minimum atomic E-state index is -0.246. The van der Waals surface area contributed by atoms with Crippen LogP contribution in [-0.4, -0.2) is 5.78 Å². The zero-order valence-electron chi connectivity index (χ0n) is 16.0. The molecule has 0 N–H and O–H groups in total. The number of Topliss-reactive ketones (excluding diaryl/α,β-unsaturated/α-hetero) is 1. The van der Waals surface area contributed by atoms with Crippen molar-refractivity contribution in [3.63, 3.8) is 0 Å². The van der Waals surface area contributed by atoms with Crippen molar-refractivity contribution in [1.82, 2.24) is 0 Å². The zero-order chi connectivity index (χ0) is 17.6. The van der Waals surface area contributed by atoms with Gasteiger partial charge in [0, 0.05) is 0 Å². The van der Waals surface area contributed by atoms with Crippen LogP contribution in [0.2, 0.25) is 0 Å². The normalized spacial score (nSPS) is 29.7. The monoisotopic (exact) mass is 328 g/mol. The molecule has 0 spiro atoms. The quantitative estimate of drug-likeness (QED) is 0.397. The lowest BCUT2D eigenvalue weighted by Gasteiger charge is -2.35. The molecule has 1 heteroatoms. The molecule has 0 aromatic heterocycles. The SMILES string of the molecule is C=CC[C@@]1(CCCC)C(=O)[C@@](CC=C)(CCCC)C2=C1CCCC2. The maximum absolute atomic E-state index is 14.0. The first kappa shape index (κ1) is 19.2. The van der Waals surface area contributed by atoms with Crippen molar-refractivity contribution in [3.8, 4) is 0 Å². The summed E-state index contributed by atoms with van der Waals surface area (Å²) < 4.78 is 0. The fraction of sp³-hybridized carbons (Fsp3) is 0.696. The predicted octanol–water partition coefficient (Wildman–Crippen LogP) is 6.95. The third kappa shape index (κ3) is 3.07. The molecule has 2 aliphatic carbocycles. The molecule has 0 saturated carbocycles. The molecule has 0 fully saturated rings. The van der Waals surface area contributed by atoms with Gasteiger partial charge in [-0.1, -0.05) is 62.8 Å². The molecule has 2 aliphatic rings.